The largest absolute Gasteiger partial charge is 0.488 e. The summed E-state index contributed by atoms with van der Waals surface area (Å²) in [6, 6.07) is 12.9. The van der Waals surface area contributed by atoms with Gasteiger partial charge >= 0.3 is 0 Å². The van der Waals surface area contributed by atoms with Crippen molar-refractivity contribution in [1.29, 1.82) is 0 Å². The molecule has 0 saturated carbocycles. The maximum absolute atomic E-state index is 12.5. The molecule has 0 aromatic heterocycles. The van der Waals surface area contributed by atoms with Crippen molar-refractivity contribution in [2.75, 3.05) is 0 Å². The smallest absolute Gasteiger partial charge is 0.240 e. The highest BCUT2D eigenvalue weighted by Crippen LogP contribution is 2.29. The molecule has 2 rings (SSSR count). The third kappa shape index (κ3) is 5.48. The Bertz CT molecular complexity index is 597. The SMILES string of the molecule is Cc1cc([C@@H](N)CC(F)F)cc(C)c1OCc1ccccc1.Cl. The Morgan fingerprint density at radius 2 is 1.61 bits per heavy atom. The Morgan fingerprint density at radius 1 is 1.04 bits per heavy atom. The number of benzene rings is 2. The van der Waals surface area contributed by atoms with Gasteiger partial charge in [0.15, 0.2) is 0 Å². The number of halogens is 3. The Kier molecular flexibility index (Phi) is 7.46. The predicted octanol–water partition coefficient (Wildman–Crippen LogP) is 4.96. The molecule has 5 heteroatoms. The van der Waals surface area contributed by atoms with Crippen LogP contribution in [0.2, 0.25) is 0 Å². The van der Waals surface area contributed by atoms with Crippen LogP contribution in [0.4, 0.5) is 8.78 Å². The molecule has 0 spiro atoms. The lowest BCUT2D eigenvalue weighted by Gasteiger charge is -2.17. The van der Waals surface area contributed by atoms with Crippen LogP contribution in [0.5, 0.6) is 5.75 Å². The first-order valence-corrected chi connectivity index (χ1v) is 7.29. The van der Waals surface area contributed by atoms with Crippen LogP contribution in [0.15, 0.2) is 42.5 Å². The van der Waals surface area contributed by atoms with E-state index in [0.29, 0.717) is 6.61 Å². The number of alkyl halides is 2. The highest BCUT2D eigenvalue weighted by atomic mass is 35.5. The van der Waals surface area contributed by atoms with Crippen LogP contribution in [0.25, 0.3) is 0 Å². The van der Waals surface area contributed by atoms with E-state index >= 15 is 0 Å². The van der Waals surface area contributed by atoms with Gasteiger partial charge in [0.25, 0.3) is 0 Å². The number of nitrogens with two attached hydrogens (primary N) is 1. The summed E-state index contributed by atoms with van der Waals surface area (Å²) < 4.78 is 30.8. The summed E-state index contributed by atoms with van der Waals surface area (Å²) in [4.78, 5) is 0. The molecule has 0 saturated heterocycles. The van der Waals surface area contributed by atoms with Crippen LogP contribution in [-0.4, -0.2) is 6.43 Å². The van der Waals surface area contributed by atoms with Gasteiger partial charge < -0.3 is 10.5 Å². The van der Waals surface area contributed by atoms with Gasteiger partial charge in [0.05, 0.1) is 0 Å². The van der Waals surface area contributed by atoms with E-state index in [0.717, 1.165) is 28.0 Å². The number of hydrogen-bond donors (Lipinski definition) is 1. The molecule has 2 N–H and O–H groups in total. The number of rotatable bonds is 6. The van der Waals surface area contributed by atoms with Gasteiger partial charge in [-0.1, -0.05) is 42.5 Å². The molecule has 126 valence electrons. The van der Waals surface area contributed by atoms with Crippen LogP contribution in [0, 0.1) is 13.8 Å². The zero-order valence-electron chi connectivity index (χ0n) is 13.3. The van der Waals surface area contributed by atoms with E-state index in [-0.39, 0.29) is 18.8 Å². The van der Waals surface area contributed by atoms with Gasteiger partial charge in [-0.2, -0.15) is 0 Å². The van der Waals surface area contributed by atoms with Gasteiger partial charge in [0.2, 0.25) is 6.43 Å². The molecule has 0 amide bonds. The summed E-state index contributed by atoms with van der Waals surface area (Å²) in [5.74, 6) is 0.789. The van der Waals surface area contributed by atoms with Crippen molar-refractivity contribution < 1.29 is 13.5 Å². The molecule has 0 heterocycles. The lowest BCUT2D eigenvalue weighted by molar-refractivity contribution is 0.128. The summed E-state index contributed by atoms with van der Waals surface area (Å²) in [5, 5.41) is 0. The minimum absolute atomic E-state index is 0. The predicted molar refractivity (Wildman–Crippen MR) is 91.5 cm³/mol. The van der Waals surface area contributed by atoms with Crippen LogP contribution >= 0.6 is 12.4 Å². The second kappa shape index (κ2) is 8.85. The Labute approximate surface area is 142 Å². The van der Waals surface area contributed by atoms with E-state index in [4.69, 9.17) is 10.5 Å². The molecule has 1 atom stereocenters. The lowest BCUT2D eigenvalue weighted by atomic mass is 9.99. The van der Waals surface area contributed by atoms with Crippen LogP contribution in [0.3, 0.4) is 0 Å². The van der Waals surface area contributed by atoms with Gasteiger partial charge in [-0.25, -0.2) is 8.78 Å². The monoisotopic (exact) mass is 341 g/mol. The van der Waals surface area contributed by atoms with Crippen molar-refractivity contribution in [3.63, 3.8) is 0 Å². The third-order valence-electron chi connectivity index (χ3n) is 3.57. The number of ether oxygens (including phenoxy) is 1. The average molecular weight is 342 g/mol. The van der Waals surface area contributed by atoms with Crippen molar-refractivity contribution >= 4 is 12.4 Å². The summed E-state index contributed by atoms with van der Waals surface area (Å²) in [6.07, 6.45) is -2.73. The van der Waals surface area contributed by atoms with E-state index in [1.807, 2.05) is 56.3 Å². The average Bonchev–Trinajstić information content (AvgIpc) is 2.46. The van der Waals surface area contributed by atoms with Crippen molar-refractivity contribution in [3.8, 4) is 5.75 Å². The zero-order chi connectivity index (χ0) is 16.1. The first-order chi connectivity index (χ1) is 10.5. The molecule has 0 aliphatic rings. The number of hydrogen-bond acceptors (Lipinski definition) is 2. The molecule has 0 fully saturated rings. The molecular formula is C18H22ClF2NO. The molecule has 23 heavy (non-hydrogen) atoms. The highest BCUT2D eigenvalue weighted by Gasteiger charge is 2.15. The quantitative estimate of drug-likeness (QED) is 0.806. The van der Waals surface area contributed by atoms with Crippen LogP contribution < -0.4 is 10.5 Å². The molecule has 0 aliphatic heterocycles. The molecule has 0 unspecified atom stereocenters. The maximum Gasteiger partial charge on any atom is 0.240 e. The van der Waals surface area contributed by atoms with Crippen molar-refractivity contribution in [1.82, 2.24) is 0 Å². The first kappa shape index (κ1) is 19.4. The Morgan fingerprint density at radius 3 is 2.13 bits per heavy atom. The normalized spacial score (nSPS) is 11.9. The molecule has 2 aromatic carbocycles. The lowest BCUT2D eigenvalue weighted by Crippen LogP contribution is -2.14. The van der Waals surface area contributed by atoms with Gasteiger partial charge in [-0.3, -0.25) is 0 Å². The fourth-order valence-electron chi connectivity index (χ4n) is 2.48. The summed E-state index contributed by atoms with van der Waals surface area (Å²) in [7, 11) is 0. The summed E-state index contributed by atoms with van der Waals surface area (Å²) in [5.41, 5.74) is 9.46. The zero-order valence-corrected chi connectivity index (χ0v) is 14.1. The molecule has 0 radical (unpaired) electrons. The molecule has 0 aliphatic carbocycles. The minimum atomic E-state index is -2.40. The van der Waals surface area contributed by atoms with E-state index in [9.17, 15) is 8.78 Å². The van der Waals surface area contributed by atoms with E-state index in [1.165, 1.54) is 0 Å². The van der Waals surface area contributed by atoms with Gasteiger partial charge in [-0.05, 0) is 36.1 Å². The van der Waals surface area contributed by atoms with Crippen molar-refractivity contribution in [2.45, 2.75) is 39.3 Å². The second-order valence-electron chi connectivity index (χ2n) is 5.49. The Balaban J connectivity index is 0.00000264. The molecule has 0 bridgehead atoms. The first-order valence-electron chi connectivity index (χ1n) is 7.29. The van der Waals surface area contributed by atoms with Gasteiger partial charge in [0.1, 0.15) is 12.4 Å². The van der Waals surface area contributed by atoms with Crippen LogP contribution in [0.1, 0.15) is 34.7 Å². The van der Waals surface area contributed by atoms with E-state index < -0.39 is 12.5 Å². The third-order valence-corrected chi connectivity index (χ3v) is 3.57. The fourth-order valence-corrected chi connectivity index (χ4v) is 2.48. The second-order valence-corrected chi connectivity index (χ2v) is 5.49. The molecule has 2 nitrogen and oxygen atoms in total. The topological polar surface area (TPSA) is 35.2 Å². The number of aryl methyl sites for hydroxylation is 2. The van der Waals surface area contributed by atoms with Crippen molar-refractivity contribution in [2.24, 2.45) is 5.73 Å². The standard InChI is InChI=1S/C18H21F2NO.ClH/c1-12-8-15(16(21)10-17(19)20)9-13(2)18(12)22-11-14-6-4-3-5-7-14;/h3-9,16-17H,10-11,21H2,1-2H3;1H/t16-;/m0./s1. The van der Waals surface area contributed by atoms with Gasteiger partial charge in [0, 0.05) is 12.5 Å². The van der Waals surface area contributed by atoms with E-state index in [2.05, 4.69) is 0 Å². The molecular weight excluding hydrogens is 320 g/mol. The van der Waals surface area contributed by atoms with E-state index in [1.54, 1.807) is 0 Å². The Hall–Kier alpha value is -1.65. The summed E-state index contributed by atoms with van der Waals surface area (Å²) >= 11 is 0. The van der Waals surface area contributed by atoms with Gasteiger partial charge in [-0.15, -0.1) is 12.4 Å². The van der Waals surface area contributed by atoms with Crippen molar-refractivity contribution in [3.05, 3.63) is 64.7 Å². The highest BCUT2D eigenvalue weighted by molar-refractivity contribution is 5.85. The molecule has 2 aromatic rings. The minimum Gasteiger partial charge on any atom is -0.488 e. The maximum atomic E-state index is 12.5. The fraction of sp³-hybridized carbons (Fsp3) is 0.333. The van der Waals surface area contributed by atoms with Crippen LogP contribution in [-0.2, 0) is 6.61 Å². The summed E-state index contributed by atoms with van der Waals surface area (Å²) in [6.45, 7) is 4.29.